The summed E-state index contributed by atoms with van der Waals surface area (Å²) < 4.78 is 20.1. The van der Waals surface area contributed by atoms with E-state index in [2.05, 4.69) is 10.6 Å². The van der Waals surface area contributed by atoms with Crippen LogP contribution in [0.15, 0.2) is 30.3 Å². The van der Waals surface area contributed by atoms with Crippen LogP contribution in [0.3, 0.4) is 0 Å². The van der Waals surface area contributed by atoms with Crippen molar-refractivity contribution in [2.75, 3.05) is 20.8 Å². The molecule has 1 aromatic carbocycles. The first-order valence-corrected chi connectivity index (χ1v) is 11.9. The Bertz CT molecular complexity index is 938. The van der Waals surface area contributed by atoms with E-state index < -0.39 is 60.3 Å². The number of likely N-dealkylation sites (tertiary alicyclic amines) is 1. The van der Waals surface area contributed by atoms with E-state index in [1.807, 2.05) is 6.07 Å². The number of hydrogen-bond donors (Lipinski definition) is 2. The van der Waals surface area contributed by atoms with Gasteiger partial charge in [0.1, 0.15) is 30.3 Å². The number of rotatable bonds is 8. The molecule has 0 bridgehead atoms. The van der Waals surface area contributed by atoms with Gasteiger partial charge in [0.05, 0.1) is 20.8 Å². The third-order valence-corrected chi connectivity index (χ3v) is 5.48. The molecular formula is C25H35N3O9. The fourth-order valence-electron chi connectivity index (χ4n) is 3.83. The zero-order valence-electron chi connectivity index (χ0n) is 21.8. The number of piperidine rings is 1. The van der Waals surface area contributed by atoms with E-state index in [-0.39, 0.29) is 19.4 Å². The van der Waals surface area contributed by atoms with Gasteiger partial charge in [-0.1, -0.05) is 30.3 Å². The molecule has 12 nitrogen and oxygen atoms in total. The molecule has 1 fully saturated rings. The molecule has 3 amide bonds. The Hall–Kier alpha value is -3.83. The van der Waals surface area contributed by atoms with Gasteiger partial charge in [0, 0.05) is 0 Å². The molecule has 204 valence electrons. The molecular weight excluding hydrogens is 486 g/mol. The van der Waals surface area contributed by atoms with Gasteiger partial charge in [-0.2, -0.15) is 0 Å². The lowest BCUT2D eigenvalue weighted by atomic mass is 9.94. The molecule has 1 heterocycles. The molecule has 0 aromatic heterocycles. The van der Waals surface area contributed by atoms with Crippen molar-refractivity contribution in [3.05, 3.63) is 35.9 Å². The van der Waals surface area contributed by atoms with Crippen molar-refractivity contribution in [2.24, 2.45) is 0 Å². The Morgan fingerprint density at radius 3 is 2.03 bits per heavy atom. The maximum Gasteiger partial charge on any atom is 0.408 e. The van der Waals surface area contributed by atoms with Crippen LogP contribution in [0, 0.1) is 0 Å². The van der Waals surface area contributed by atoms with Crippen molar-refractivity contribution < 1.29 is 42.9 Å². The van der Waals surface area contributed by atoms with Crippen LogP contribution in [-0.2, 0) is 39.9 Å². The smallest absolute Gasteiger partial charge is 0.408 e. The fourth-order valence-corrected chi connectivity index (χ4v) is 3.83. The Balaban J connectivity index is 2.24. The van der Waals surface area contributed by atoms with Gasteiger partial charge in [-0.15, -0.1) is 0 Å². The first kappa shape index (κ1) is 29.4. The maximum absolute atomic E-state index is 13.7. The largest absolute Gasteiger partial charge is 0.467 e. The summed E-state index contributed by atoms with van der Waals surface area (Å²) in [6.07, 6.45) is -0.792. The number of alkyl carbamates (subject to hydrolysis) is 2. The Labute approximate surface area is 215 Å². The van der Waals surface area contributed by atoms with Crippen LogP contribution in [0.4, 0.5) is 9.59 Å². The normalized spacial score (nSPS) is 18.1. The average molecular weight is 522 g/mol. The van der Waals surface area contributed by atoms with Crippen molar-refractivity contribution in [1.82, 2.24) is 15.5 Å². The molecule has 37 heavy (non-hydrogen) atoms. The van der Waals surface area contributed by atoms with Crippen LogP contribution >= 0.6 is 0 Å². The molecule has 0 unspecified atom stereocenters. The predicted molar refractivity (Wildman–Crippen MR) is 130 cm³/mol. The van der Waals surface area contributed by atoms with E-state index in [0.717, 1.165) is 10.5 Å². The molecule has 1 aliphatic heterocycles. The van der Waals surface area contributed by atoms with E-state index in [4.69, 9.17) is 18.9 Å². The van der Waals surface area contributed by atoms with Crippen LogP contribution in [0.5, 0.6) is 0 Å². The third-order valence-electron chi connectivity index (χ3n) is 5.48. The zero-order valence-corrected chi connectivity index (χ0v) is 21.8. The first-order chi connectivity index (χ1) is 17.5. The number of benzene rings is 1. The second kappa shape index (κ2) is 13.5. The summed E-state index contributed by atoms with van der Waals surface area (Å²) in [6.45, 7) is 4.53. The maximum atomic E-state index is 13.7. The van der Waals surface area contributed by atoms with Gasteiger partial charge in [-0.05, 0) is 45.6 Å². The molecule has 2 N–H and O–H groups in total. The van der Waals surface area contributed by atoms with Gasteiger partial charge in [0.2, 0.25) is 5.91 Å². The number of esters is 2. The summed E-state index contributed by atoms with van der Waals surface area (Å²) in [4.78, 5) is 64.6. The highest BCUT2D eigenvalue weighted by Gasteiger charge is 2.45. The summed E-state index contributed by atoms with van der Waals surface area (Å²) in [7, 11) is 2.35. The molecule has 1 aliphatic rings. The molecule has 0 spiro atoms. The number of methoxy groups -OCH3 is 2. The lowest BCUT2D eigenvalue weighted by Gasteiger charge is -2.40. The Morgan fingerprint density at radius 2 is 1.51 bits per heavy atom. The number of ether oxygens (including phenoxy) is 4. The van der Waals surface area contributed by atoms with Gasteiger partial charge in [0.25, 0.3) is 0 Å². The van der Waals surface area contributed by atoms with Crippen LogP contribution < -0.4 is 10.6 Å². The highest BCUT2D eigenvalue weighted by Crippen LogP contribution is 2.26. The van der Waals surface area contributed by atoms with E-state index >= 15 is 0 Å². The number of carbonyl (C=O) groups is 5. The quantitative estimate of drug-likeness (QED) is 0.386. The van der Waals surface area contributed by atoms with Crippen LogP contribution in [0.2, 0.25) is 0 Å². The van der Waals surface area contributed by atoms with Crippen molar-refractivity contribution in [3.63, 3.8) is 0 Å². The minimum absolute atomic E-state index is 0.00820. The minimum atomic E-state index is -1.39. The average Bonchev–Trinajstić information content (AvgIpc) is 2.87. The summed E-state index contributed by atoms with van der Waals surface area (Å²) in [5.41, 5.74) is -0.110. The van der Waals surface area contributed by atoms with Crippen molar-refractivity contribution >= 4 is 30.0 Å². The minimum Gasteiger partial charge on any atom is -0.467 e. The Morgan fingerprint density at radius 1 is 0.946 bits per heavy atom. The highest BCUT2D eigenvalue weighted by molar-refractivity contribution is 5.94. The number of nitrogens with one attached hydrogen (secondary N) is 2. The second-order valence-electron chi connectivity index (χ2n) is 9.40. The Kier molecular flexibility index (Phi) is 10.7. The summed E-state index contributed by atoms with van der Waals surface area (Å²) in [6, 6.07) is 5.42. The lowest BCUT2D eigenvalue weighted by Crippen LogP contribution is -2.63. The highest BCUT2D eigenvalue weighted by atomic mass is 16.6. The van der Waals surface area contributed by atoms with Gasteiger partial charge in [-0.25, -0.2) is 19.2 Å². The summed E-state index contributed by atoms with van der Waals surface area (Å²) >= 11 is 0. The van der Waals surface area contributed by atoms with Crippen molar-refractivity contribution in [3.8, 4) is 0 Å². The standard InChI is InChI=1S/C25H35N3O9/c1-25(2,3)37-24(33)27-17(14-26-23(32)36-15-16-10-7-6-8-11-16)20(29)28-18(21(30)34-4)12-9-13-19(28)22(31)35-5/h6-8,10-11,17-19H,9,12-15H2,1-5H3,(H,26,32)(H,27,33)/t17-,18-,19+/m0/s1. The predicted octanol–water partition coefficient (Wildman–Crippen LogP) is 1.90. The number of hydrogen-bond acceptors (Lipinski definition) is 9. The molecule has 2 rings (SSSR count). The van der Waals surface area contributed by atoms with E-state index in [0.29, 0.717) is 6.42 Å². The number of nitrogens with zero attached hydrogens (tertiary/aromatic N) is 1. The topological polar surface area (TPSA) is 150 Å². The first-order valence-electron chi connectivity index (χ1n) is 11.9. The SMILES string of the molecule is COC(=O)[C@H]1CCC[C@@H](C(=O)OC)N1C(=O)[C@H](CNC(=O)OCc1ccccc1)NC(=O)OC(C)(C)C. The van der Waals surface area contributed by atoms with E-state index in [9.17, 15) is 24.0 Å². The second-order valence-corrected chi connectivity index (χ2v) is 9.40. The summed E-state index contributed by atoms with van der Waals surface area (Å²) in [5, 5.41) is 4.87. The van der Waals surface area contributed by atoms with Crippen molar-refractivity contribution in [1.29, 1.82) is 0 Å². The summed E-state index contributed by atoms with van der Waals surface area (Å²) in [5.74, 6) is -2.22. The fraction of sp³-hybridized carbons (Fsp3) is 0.560. The van der Waals surface area contributed by atoms with Gasteiger partial charge in [0.15, 0.2) is 0 Å². The number of amides is 3. The van der Waals surface area contributed by atoms with Crippen LogP contribution in [0.25, 0.3) is 0 Å². The molecule has 12 heteroatoms. The third kappa shape index (κ3) is 8.96. The van der Waals surface area contributed by atoms with Crippen molar-refractivity contribution in [2.45, 2.75) is 70.4 Å². The molecule has 0 saturated carbocycles. The van der Waals surface area contributed by atoms with E-state index in [1.54, 1.807) is 45.0 Å². The molecule has 1 saturated heterocycles. The molecule has 0 aliphatic carbocycles. The zero-order chi connectivity index (χ0) is 27.6. The molecule has 3 atom stereocenters. The van der Waals surface area contributed by atoms with Gasteiger partial charge < -0.3 is 34.5 Å². The van der Waals surface area contributed by atoms with Gasteiger partial charge >= 0.3 is 24.1 Å². The monoisotopic (exact) mass is 521 g/mol. The molecule has 1 aromatic rings. The molecule has 0 radical (unpaired) electrons. The lowest BCUT2D eigenvalue weighted by molar-refractivity contribution is -0.166. The van der Waals surface area contributed by atoms with Crippen LogP contribution in [0.1, 0.15) is 45.6 Å². The van der Waals surface area contributed by atoms with E-state index in [1.165, 1.54) is 14.2 Å². The van der Waals surface area contributed by atoms with Crippen LogP contribution in [-0.4, -0.2) is 79.4 Å². The van der Waals surface area contributed by atoms with Gasteiger partial charge in [-0.3, -0.25) is 4.79 Å². The number of carbonyl (C=O) groups excluding carboxylic acids is 5.